The molecule has 0 spiro atoms. The van der Waals surface area contributed by atoms with Gasteiger partial charge in [0.2, 0.25) is 0 Å². The SMILES string of the molecule is OCCCCN(Cc1csnn1)C1CC1. The van der Waals surface area contributed by atoms with E-state index in [0.29, 0.717) is 6.61 Å². The molecule has 0 unspecified atom stereocenters. The Morgan fingerprint density at radius 2 is 2.33 bits per heavy atom. The van der Waals surface area contributed by atoms with E-state index in [-0.39, 0.29) is 0 Å². The molecule has 1 aliphatic rings. The third-order valence-electron chi connectivity index (χ3n) is 2.69. The van der Waals surface area contributed by atoms with Crippen molar-refractivity contribution in [3.63, 3.8) is 0 Å². The van der Waals surface area contributed by atoms with Crippen molar-refractivity contribution in [1.29, 1.82) is 0 Å². The minimum atomic E-state index is 0.302. The normalized spacial score (nSPS) is 16.1. The van der Waals surface area contributed by atoms with Crippen LogP contribution >= 0.6 is 11.5 Å². The highest BCUT2D eigenvalue weighted by molar-refractivity contribution is 7.03. The van der Waals surface area contributed by atoms with Crippen molar-refractivity contribution in [2.45, 2.75) is 38.3 Å². The monoisotopic (exact) mass is 227 g/mol. The summed E-state index contributed by atoms with van der Waals surface area (Å²) < 4.78 is 3.88. The maximum absolute atomic E-state index is 8.75. The Kier molecular flexibility index (Phi) is 4.05. The smallest absolute Gasteiger partial charge is 0.0895 e. The zero-order valence-electron chi connectivity index (χ0n) is 8.80. The van der Waals surface area contributed by atoms with Crippen molar-refractivity contribution in [3.05, 3.63) is 11.1 Å². The summed E-state index contributed by atoms with van der Waals surface area (Å²) in [5, 5.41) is 14.8. The second-order valence-electron chi connectivity index (χ2n) is 4.03. The molecule has 2 rings (SSSR count). The van der Waals surface area contributed by atoms with E-state index < -0.39 is 0 Å². The molecule has 0 aliphatic heterocycles. The number of aliphatic hydroxyl groups excluding tert-OH is 1. The van der Waals surface area contributed by atoms with Crippen molar-refractivity contribution < 1.29 is 5.11 Å². The van der Waals surface area contributed by atoms with E-state index in [1.54, 1.807) is 0 Å². The van der Waals surface area contributed by atoms with Crippen molar-refractivity contribution in [2.24, 2.45) is 0 Å². The van der Waals surface area contributed by atoms with E-state index in [2.05, 4.69) is 14.5 Å². The lowest BCUT2D eigenvalue weighted by Gasteiger charge is -2.20. The van der Waals surface area contributed by atoms with Crippen molar-refractivity contribution >= 4 is 11.5 Å². The van der Waals surface area contributed by atoms with Gasteiger partial charge < -0.3 is 5.11 Å². The van der Waals surface area contributed by atoms with E-state index in [0.717, 1.165) is 37.7 Å². The summed E-state index contributed by atoms with van der Waals surface area (Å²) in [6.07, 6.45) is 4.61. The van der Waals surface area contributed by atoms with Crippen molar-refractivity contribution in [1.82, 2.24) is 14.5 Å². The van der Waals surface area contributed by atoms with Crippen LogP contribution in [-0.2, 0) is 6.54 Å². The first kappa shape index (κ1) is 11.0. The molecule has 0 radical (unpaired) electrons. The van der Waals surface area contributed by atoms with Gasteiger partial charge in [0, 0.05) is 24.6 Å². The molecule has 4 nitrogen and oxygen atoms in total. The average molecular weight is 227 g/mol. The molecular formula is C10H17N3OS. The third-order valence-corrected chi connectivity index (χ3v) is 3.24. The second kappa shape index (κ2) is 5.53. The fraction of sp³-hybridized carbons (Fsp3) is 0.800. The van der Waals surface area contributed by atoms with Crippen LogP contribution in [0.5, 0.6) is 0 Å². The maximum Gasteiger partial charge on any atom is 0.0895 e. The van der Waals surface area contributed by atoms with Crippen LogP contribution in [0.1, 0.15) is 31.4 Å². The first-order chi connectivity index (χ1) is 7.40. The van der Waals surface area contributed by atoms with Crippen LogP contribution in [0.3, 0.4) is 0 Å². The van der Waals surface area contributed by atoms with Crippen LogP contribution in [0.15, 0.2) is 5.38 Å². The molecule has 1 aromatic rings. The van der Waals surface area contributed by atoms with Gasteiger partial charge in [0.15, 0.2) is 0 Å². The summed E-state index contributed by atoms with van der Waals surface area (Å²) in [4.78, 5) is 2.46. The molecule has 84 valence electrons. The number of hydrogen-bond donors (Lipinski definition) is 1. The van der Waals surface area contributed by atoms with E-state index in [9.17, 15) is 0 Å². The number of rotatable bonds is 7. The molecule has 0 atom stereocenters. The van der Waals surface area contributed by atoms with E-state index in [4.69, 9.17) is 5.11 Å². The predicted molar refractivity (Wildman–Crippen MR) is 59.7 cm³/mol. The van der Waals surface area contributed by atoms with Gasteiger partial charge in [-0.15, -0.1) is 5.10 Å². The van der Waals surface area contributed by atoms with Crippen LogP contribution < -0.4 is 0 Å². The van der Waals surface area contributed by atoms with Gasteiger partial charge in [-0.3, -0.25) is 4.90 Å². The number of unbranched alkanes of at least 4 members (excludes halogenated alkanes) is 1. The number of aliphatic hydroxyl groups is 1. The summed E-state index contributed by atoms with van der Waals surface area (Å²) in [6.45, 7) is 2.30. The Morgan fingerprint density at radius 3 is 2.93 bits per heavy atom. The van der Waals surface area contributed by atoms with Gasteiger partial charge in [0.25, 0.3) is 0 Å². The lowest BCUT2D eigenvalue weighted by molar-refractivity contribution is 0.227. The van der Waals surface area contributed by atoms with Gasteiger partial charge >= 0.3 is 0 Å². The van der Waals surface area contributed by atoms with Gasteiger partial charge in [-0.25, -0.2) is 0 Å². The van der Waals surface area contributed by atoms with Gasteiger partial charge in [0.1, 0.15) is 0 Å². The lowest BCUT2D eigenvalue weighted by Crippen LogP contribution is -2.27. The van der Waals surface area contributed by atoms with Gasteiger partial charge in [-0.2, -0.15) is 0 Å². The van der Waals surface area contributed by atoms with Crippen molar-refractivity contribution in [3.8, 4) is 0 Å². The molecule has 1 fully saturated rings. The Morgan fingerprint density at radius 1 is 1.47 bits per heavy atom. The maximum atomic E-state index is 8.75. The summed E-state index contributed by atoms with van der Waals surface area (Å²) in [7, 11) is 0. The average Bonchev–Trinajstić information content (AvgIpc) is 2.97. The van der Waals surface area contributed by atoms with Crippen LogP contribution in [0.4, 0.5) is 0 Å². The molecule has 1 aliphatic carbocycles. The van der Waals surface area contributed by atoms with E-state index >= 15 is 0 Å². The van der Waals surface area contributed by atoms with Crippen LogP contribution in [0.25, 0.3) is 0 Å². The molecule has 1 N–H and O–H groups in total. The standard InChI is InChI=1S/C10H17N3OS/c14-6-2-1-5-13(10-3-4-10)7-9-8-15-12-11-9/h8,10,14H,1-7H2. The molecular weight excluding hydrogens is 210 g/mol. The summed E-state index contributed by atoms with van der Waals surface area (Å²) >= 11 is 1.41. The Bertz CT molecular complexity index is 274. The second-order valence-corrected chi connectivity index (χ2v) is 4.64. The fourth-order valence-electron chi connectivity index (χ4n) is 1.72. The fourth-order valence-corrected chi connectivity index (χ4v) is 2.16. The highest BCUT2D eigenvalue weighted by atomic mass is 32.1. The predicted octanol–water partition coefficient (Wildman–Crippen LogP) is 1.27. The zero-order chi connectivity index (χ0) is 10.5. The molecule has 1 aromatic heterocycles. The molecule has 0 saturated heterocycles. The highest BCUT2D eigenvalue weighted by Gasteiger charge is 2.28. The Hall–Kier alpha value is -0.520. The lowest BCUT2D eigenvalue weighted by atomic mass is 10.3. The first-order valence-corrected chi connectivity index (χ1v) is 6.34. The molecule has 1 saturated carbocycles. The Balaban J connectivity index is 1.78. The topological polar surface area (TPSA) is 49.2 Å². The van der Waals surface area contributed by atoms with Crippen LogP contribution in [-0.4, -0.2) is 38.8 Å². The Labute approximate surface area is 94.1 Å². The molecule has 1 heterocycles. The molecule has 0 bridgehead atoms. The largest absolute Gasteiger partial charge is 0.396 e. The van der Waals surface area contributed by atoms with Gasteiger partial charge in [0.05, 0.1) is 5.69 Å². The minimum absolute atomic E-state index is 0.302. The van der Waals surface area contributed by atoms with E-state index in [1.807, 2.05) is 5.38 Å². The quantitative estimate of drug-likeness (QED) is 0.713. The van der Waals surface area contributed by atoms with Crippen molar-refractivity contribution in [2.75, 3.05) is 13.2 Å². The molecule has 0 amide bonds. The molecule has 15 heavy (non-hydrogen) atoms. The third kappa shape index (κ3) is 3.52. The van der Waals surface area contributed by atoms with Crippen LogP contribution in [0.2, 0.25) is 0 Å². The van der Waals surface area contributed by atoms with Gasteiger partial charge in [-0.1, -0.05) is 4.49 Å². The van der Waals surface area contributed by atoms with Gasteiger partial charge in [-0.05, 0) is 43.8 Å². The summed E-state index contributed by atoms with van der Waals surface area (Å²) in [5.41, 5.74) is 1.08. The molecule has 0 aromatic carbocycles. The summed E-state index contributed by atoms with van der Waals surface area (Å²) in [6, 6.07) is 0.755. The number of aromatic nitrogens is 2. The first-order valence-electron chi connectivity index (χ1n) is 5.51. The minimum Gasteiger partial charge on any atom is -0.396 e. The highest BCUT2D eigenvalue weighted by Crippen LogP contribution is 2.28. The zero-order valence-corrected chi connectivity index (χ0v) is 9.62. The molecule has 5 heteroatoms. The number of hydrogen-bond acceptors (Lipinski definition) is 5. The summed E-state index contributed by atoms with van der Waals surface area (Å²) in [5.74, 6) is 0. The van der Waals surface area contributed by atoms with E-state index in [1.165, 1.54) is 24.4 Å². The van der Waals surface area contributed by atoms with Crippen LogP contribution in [0, 0.1) is 0 Å². The number of nitrogens with zero attached hydrogens (tertiary/aromatic N) is 3.